The molecule has 1 fully saturated rings. The van der Waals surface area contributed by atoms with E-state index in [9.17, 15) is 19.5 Å². The van der Waals surface area contributed by atoms with Crippen LogP contribution in [0, 0.1) is 11.8 Å². The van der Waals surface area contributed by atoms with Crippen LogP contribution in [-0.4, -0.2) is 53.2 Å². The molecular weight excluding hydrogens is 338 g/mol. The molecule has 1 aliphatic rings. The number of carboxylic acids is 1. The smallest absolute Gasteiger partial charge is 0.338 e. The van der Waals surface area contributed by atoms with Crippen LogP contribution in [0.15, 0.2) is 24.4 Å². The van der Waals surface area contributed by atoms with Crippen LogP contribution in [0.2, 0.25) is 0 Å². The SMILES string of the molecule is COC(=O)c1cc(NC(=O)N2CC(C)CC(C(=O)O)C2)cc2[nH]ccc12. The van der Waals surface area contributed by atoms with Gasteiger partial charge in [0.25, 0.3) is 0 Å². The molecule has 26 heavy (non-hydrogen) atoms. The molecule has 1 aromatic heterocycles. The van der Waals surface area contributed by atoms with E-state index in [0.717, 1.165) is 0 Å². The maximum atomic E-state index is 12.6. The molecular formula is C18H21N3O5. The van der Waals surface area contributed by atoms with E-state index in [1.54, 1.807) is 24.4 Å². The number of carbonyl (C=O) groups excluding carboxylic acids is 2. The summed E-state index contributed by atoms with van der Waals surface area (Å²) in [6.07, 6.45) is 2.26. The third kappa shape index (κ3) is 3.49. The van der Waals surface area contributed by atoms with Crippen molar-refractivity contribution in [3.8, 4) is 0 Å². The maximum absolute atomic E-state index is 12.6. The van der Waals surface area contributed by atoms with Crippen molar-refractivity contribution in [2.75, 3.05) is 25.5 Å². The van der Waals surface area contributed by atoms with Crippen LogP contribution >= 0.6 is 0 Å². The second-order valence-electron chi connectivity index (χ2n) is 6.67. The molecule has 0 saturated carbocycles. The number of likely N-dealkylation sites (tertiary alicyclic amines) is 1. The Bertz CT molecular complexity index is 860. The highest BCUT2D eigenvalue weighted by atomic mass is 16.5. The Labute approximate surface area is 150 Å². The Balaban J connectivity index is 1.83. The minimum Gasteiger partial charge on any atom is -0.481 e. The average Bonchev–Trinajstić information content (AvgIpc) is 3.08. The first-order chi connectivity index (χ1) is 12.4. The number of anilines is 1. The third-order valence-electron chi connectivity index (χ3n) is 4.62. The monoisotopic (exact) mass is 359 g/mol. The second kappa shape index (κ2) is 7.07. The number of carbonyl (C=O) groups is 3. The fraction of sp³-hybridized carbons (Fsp3) is 0.389. The number of benzene rings is 1. The summed E-state index contributed by atoms with van der Waals surface area (Å²) in [6, 6.07) is 4.66. The van der Waals surface area contributed by atoms with E-state index >= 15 is 0 Å². The predicted molar refractivity (Wildman–Crippen MR) is 95.1 cm³/mol. The number of aliphatic carboxylic acids is 1. The zero-order valence-electron chi connectivity index (χ0n) is 14.6. The lowest BCUT2D eigenvalue weighted by atomic mass is 9.91. The number of methoxy groups -OCH3 is 1. The number of nitrogens with zero attached hydrogens (tertiary/aromatic N) is 1. The Kier molecular flexibility index (Phi) is 4.83. The molecule has 0 bridgehead atoms. The fourth-order valence-corrected chi connectivity index (χ4v) is 3.42. The zero-order chi connectivity index (χ0) is 18.8. The number of carboxylic acid groups (broad SMARTS) is 1. The molecule has 0 radical (unpaired) electrons. The Hall–Kier alpha value is -3.03. The van der Waals surface area contributed by atoms with Crippen molar-refractivity contribution >= 4 is 34.6 Å². The largest absolute Gasteiger partial charge is 0.481 e. The second-order valence-corrected chi connectivity index (χ2v) is 6.67. The van der Waals surface area contributed by atoms with Gasteiger partial charge in [-0.2, -0.15) is 0 Å². The number of aromatic amines is 1. The minimum absolute atomic E-state index is 0.104. The molecule has 0 aliphatic carbocycles. The molecule has 2 amide bonds. The molecule has 1 aliphatic heterocycles. The number of ether oxygens (including phenoxy) is 1. The number of fused-ring (bicyclic) bond motifs is 1. The molecule has 3 N–H and O–H groups in total. The van der Waals surface area contributed by atoms with Gasteiger partial charge in [0.15, 0.2) is 0 Å². The number of piperidine rings is 1. The van der Waals surface area contributed by atoms with E-state index in [2.05, 4.69) is 10.3 Å². The number of hydrogen-bond donors (Lipinski definition) is 3. The molecule has 2 unspecified atom stereocenters. The maximum Gasteiger partial charge on any atom is 0.338 e. The van der Waals surface area contributed by atoms with Crippen LogP contribution in [0.5, 0.6) is 0 Å². The van der Waals surface area contributed by atoms with E-state index in [-0.39, 0.29) is 18.5 Å². The summed E-state index contributed by atoms with van der Waals surface area (Å²) in [7, 11) is 1.30. The first-order valence-corrected chi connectivity index (χ1v) is 8.37. The van der Waals surface area contributed by atoms with Crippen LogP contribution in [0.1, 0.15) is 23.7 Å². The minimum atomic E-state index is -0.893. The molecule has 3 rings (SSSR count). The highest BCUT2D eigenvalue weighted by Crippen LogP contribution is 2.26. The first-order valence-electron chi connectivity index (χ1n) is 8.37. The Morgan fingerprint density at radius 3 is 2.77 bits per heavy atom. The molecule has 2 aromatic rings. The number of hydrogen-bond acceptors (Lipinski definition) is 4. The molecule has 8 heteroatoms. The van der Waals surface area contributed by atoms with Gasteiger partial charge in [-0.15, -0.1) is 0 Å². The normalized spacial score (nSPS) is 20.0. The summed E-state index contributed by atoms with van der Waals surface area (Å²) in [5, 5.41) is 12.7. The van der Waals surface area contributed by atoms with E-state index in [1.165, 1.54) is 12.0 Å². The Morgan fingerprint density at radius 1 is 1.31 bits per heavy atom. The van der Waals surface area contributed by atoms with Crippen LogP contribution in [0.4, 0.5) is 10.5 Å². The molecule has 1 aromatic carbocycles. The summed E-state index contributed by atoms with van der Waals surface area (Å²) in [6.45, 7) is 2.58. The van der Waals surface area contributed by atoms with Crippen molar-refractivity contribution in [1.29, 1.82) is 0 Å². The van der Waals surface area contributed by atoms with Gasteiger partial charge >= 0.3 is 18.0 Å². The summed E-state index contributed by atoms with van der Waals surface area (Å²) >= 11 is 0. The first kappa shape index (κ1) is 17.8. The summed E-state index contributed by atoms with van der Waals surface area (Å²) in [5.41, 5.74) is 1.48. The number of amides is 2. The van der Waals surface area contributed by atoms with Crippen molar-refractivity contribution in [3.05, 3.63) is 30.0 Å². The Morgan fingerprint density at radius 2 is 2.08 bits per heavy atom. The highest BCUT2D eigenvalue weighted by molar-refractivity contribution is 6.06. The van der Waals surface area contributed by atoms with Gasteiger partial charge in [0, 0.05) is 35.9 Å². The number of nitrogens with one attached hydrogen (secondary N) is 2. The average molecular weight is 359 g/mol. The summed E-state index contributed by atoms with van der Waals surface area (Å²) in [4.78, 5) is 40.4. The lowest BCUT2D eigenvalue weighted by Gasteiger charge is -2.34. The molecule has 0 spiro atoms. The molecule has 8 nitrogen and oxygen atoms in total. The molecule has 2 atom stereocenters. The number of rotatable bonds is 3. The van der Waals surface area contributed by atoms with Crippen LogP contribution in [-0.2, 0) is 9.53 Å². The predicted octanol–water partition coefficient (Wildman–Crippen LogP) is 2.53. The lowest BCUT2D eigenvalue weighted by Crippen LogP contribution is -2.47. The van der Waals surface area contributed by atoms with Gasteiger partial charge < -0.3 is 25.0 Å². The van der Waals surface area contributed by atoms with E-state index in [0.29, 0.717) is 35.1 Å². The van der Waals surface area contributed by atoms with Crippen LogP contribution in [0.3, 0.4) is 0 Å². The quantitative estimate of drug-likeness (QED) is 0.729. The van der Waals surface area contributed by atoms with Crippen molar-refractivity contribution < 1.29 is 24.2 Å². The lowest BCUT2D eigenvalue weighted by molar-refractivity contribution is -0.143. The van der Waals surface area contributed by atoms with Gasteiger partial charge in [-0.3, -0.25) is 4.79 Å². The third-order valence-corrected chi connectivity index (χ3v) is 4.62. The van der Waals surface area contributed by atoms with E-state index in [4.69, 9.17) is 4.74 Å². The standard InChI is InChI=1S/C18H21N3O5/c1-10-5-11(16(22)23)9-21(8-10)18(25)20-12-6-14(17(24)26-2)13-3-4-19-15(13)7-12/h3-4,6-7,10-11,19H,5,8-9H2,1-2H3,(H,20,25)(H,22,23). The van der Waals surface area contributed by atoms with Crippen LogP contribution in [0.25, 0.3) is 10.9 Å². The van der Waals surface area contributed by atoms with Crippen LogP contribution < -0.4 is 5.32 Å². The fourth-order valence-electron chi connectivity index (χ4n) is 3.42. The van der Waals surface area contributed by atoms with Crippen molar-refractivity contribution in [2.45, 2.75) is 13.3 Å². The summed E-state index contributed by atoms with van der Waals surface area (Å²) < 4.78 is 4.80. The van der Waals surface area contributed by atoms with E-state index in [1.807, 2.05) is 6.92 Å². The van der Waals surface area contributed by atoms with Gasteiger partial charge in [0.2, 0.25) is 0 Å². The van der Waals surface area contributed by atoms with Gasteiger partial charge in [0.05, 0.1) is 18.6 Å². The highest BCUT2D eigenvalue weighted by Gasteiger charge is 2.32. The molecule has 138 valence electrons. The van der Waals surface area contributed by atoms with Gasteiger partial charge in [-0.25, -0.2) is 9.59 Å². The summed E-state index contributed by atoms with van der Waals surface area (Å²) in [5.74, 6) is -1.86. The number of H-pyrrole nitrogens is 1. The van der Waals surface area contributed by atoms with E-state index < -0.39 is 17.9 Å². The number of esters is 1. The zero-order valence-corrected chi connectivity index (χ0v) is 14.6. The van der Waals surface area contributed by atoms with Gasteiger partial charge in [-0.1, -0.05) is 6.92 Å². The van der Waals surface area contributed by atoms with Crippen molar-refractivity contribution in [1.82, 2.24) is 9.88 Å². The topological polar surface area (TPSA) is 112 Å². The van der Waals surface area contributed by atoms with Gasteiger partial charge in [-0.05, 0) is 30.5 Å². The van der Waals surface area contributed by atoms with Crippen molar-refractivity contribution in [2.24, 2.45) is 11.8 Å². The number of urea groups is 1. The molecule has 1 saturated heterocycles. The van der Waals surface area contributed by atoms with Gasteiger partial charge in [0.1, 0.15) is 0 Å². The number of aromatic nitrogens is 1. The molecule has 2 heterocycles. The van der Waals surface area contributed by atoms with Crippen molar-refractivity contribution in [3.63, 3.8) is 0 Å².